The number of carbonyl (C=O) groups excluding carboxylic acids is 1. The second kappa shape index (κ2) is 6.27. The average Bonchev–Trinajstić information content (AvgIpc) is 2.31. The minimum Gasteiger partial charge on any atom is -0.495 e. The summed E-state index contributed by atoms with van der Waals surface area (Å²) in [5, 5.41) is 8.96. The number of ether oxygens (including phenoxy) is 1. The van der Waals surface area contributed by atoms with Crippen LogP contribution in [0.2, 0.25) is 5.02 Å². The first kappa shape index (κ1) is 14.3. The molecule has 5 heteroatoms. The van der Waals surface area contributed by atoms with Crippen molar-refractivity contribution >= 4 is 23.1 Å². The molecule has 0 aromatic heterocycles. The van der Waals surface area contributed by atoms with Crippen LogP contribution in [0, 0.1) is 18.3 Å². The summed E-state index contributed by atoms with van der Waals surface area (Å²) in [5.74, 6) is 0.487. The molecule has 0 atom stereocenters. The number of likely N-dealkylation sites (N-methyl/N-ethyl adjacent to an activating group) is 1. The smallest absolute Gasteiger partial charge is 0.166 e. The Balaban J connectivity index is 2.93. The van der Waals surface area contributed by atoms with E-state index in [0.29, 0.717) is 10.8 Å². The van der Waals surface area contributed by atoms with Crippen LogP contribution in [0.4, 0.5) is 5.69 Å². The first-order valence-electron chi connectivity index (χ1n) is 5.43. The molecule has 0 aliphatic carbocycles. The predicted octanol–water partition coefficient (Wildman–Crippen LogP) is 2.58. The van der Waals surface area contributed by atoms with Crippen LogP contribution in [0.25, 0.3) is 0 Å². The van der Waals surface area contributed by atoms with Gasteiger partial charge in [-0.05, 0) is 24.6 Å². The van der Waals surface area contributed by atoms with Gasteiger partial charge in [0.1, 0.15) is 5.75 Å². The minimum absolute atomic E-state index is 0.0761. The lowest BCUT2D eigenvalue weighted by atomic mass is 10.1. The summed E-state index contributed by atoms with van der Waals surface area (Å²) in [7, 11) is 3.35. The van der Waals surface area contributed by atoms with Crippen molar-refractivity contribution in [3.8, 4) is 11.8 Å². The molecule has 0 saturated carbocycles. The standard InChI is InChI=1S/C13H15ClN2O2/c1-9-6-13(18-3)11(14)7-12(9)16(2)8-10(17)4-5-15/h6-7H,4,8H2,1-3H3. The molecule has 0 saturated heterocycles. The Morgan fingerprint density at radius 3 is 2.78 bits per heavy atom. The lowest BCUT2D eigenvalue weighted by Gasteiger charge is -2.21. The topological polar surface area (TPSA) is 53.3 Å². The molecule has 1 rings (SSSR count). The van der Waals surface area contributed by atoms with Crippen molar-refractivity contribution in [3.05, 3.63) is 22.7 Å². The Hall–Kier alpha value is -1.73. The highest BCUT2D eigenvalue weighted by Gasteiger charge is 2.12. The molecule has 1 aromatic carbocycles. The summed E-state index contributed by atoms with van der Waals surface area (Å²) < 4.78 is 5.12. The summed E-state index contributed by atoms with van der Waals surface area (Å²) in [5.41, 5.74) is 1.82. The molecule has 0 spiro atoms. The van der Waals surface area contributed by atoms with Crippen molar-refractivity contribution in [1.82, 2.24) is 0 Å². The molecule has 0 aliphatic rings. The van der Waals surface area contributed by atoms with Crippen LogP contribution in [0.15, 0.2) is 12.1 Å². The van der Waals surface area contributed by atoms with E-state index < -0.39 is 0 Å². The van der Waals surface area contributed by atoms with Gasteiger partial charge < -0.3 is 9.64 Å². The quantitative estimate of drug-likeness (QED) is 0.822. The van der Waals surface area contributed by atoms with Gasteiger partial charge in [0.15, 0.2) is 5.78 Å². The number of benzene rings is 1. The van der Waals surface area contributed by atoms with E-state index in [4.69, 9.17) is 21.6 Å². The molecule has 0 radical (unpaired) electrons. The number of aryl methyl sites for hydroxylation is 1. The molecule has 96 valence electrons. The summed E-state index contributed by atoms with van der Waals surface area (Å²) in [6.45, 7) is 2.11. The van der Waals surface area contributed by atoms with Crippen LogP contribution in [-0.4, -0.2) is 26.5 Å². The van der Waals surface area contributed by atoms with Crippen molar-refractivity contribution in [2.24, 2.45) is 0 Å². The van der Waals surface area contributed by atoms with Gasteiger partial charge in [0, 0.05) is 12.7 Å². The van der Waals surface area contributed by atoms with Crippen molar-refractivity contribution in [2.75, 3.05) is 25.6 Å². The van der Waals surface area contributed by atoms with E-state index in [0.717, 1.165) is 11.3 Å². The number of hydrogen-bond acceptors (Lipinski definition) is 4. The monoisotopic (exact) mass is 266 g/mol. The first-order chi connectivity index (χ1) is 8.49. The van der Waals surface area contributed by atoms with E-state index in [9.17, 15) is 4.79 Å². The van der Waals surface area contributed by atoms with Crippen LogP contribution in [0.3, 0.4) is 0 Å². The largest absolute Gasteiger partial charge is 0.495 e. The number of carbonyl (C=O) groups is 1. The van der Waals surface area contributed by atoms with E-state index in [-0.39, 0.29) is 18.7 Å². The molecular weight excluding hydrogens is 252 g/mol. The van der Waals surface area contributed by atoms with Crippen molar-refractivity contribution in [2.45, 2.75) is 13.3 Å². The Bertz CT molecular complexity index is 494. The van der Waals surface area contributed by atoms with Gasteiger partial charge in [0.05, 0.1) is 31.2 Å². The summed E-state index contributed by atoms with van der Waals surface area (Å²) in [6, 6.07) is 5.43. The Morgan fingerprint density at radius 1 is 1.56 bits per heavy atom. The van der Waals surface area contributed by atoms with Gasteiger partial charge in [-0.1, -0.05) is 11.6 Å². The van der Waals surface area contributed by atoms with Gasteiger partial charge >= 0.3 is 0 Å². The third-order valence-electron chi connectivity index (χ3n) is 2.57. The predicted molar refractivity (Wildman–Crippen MR) is 71.2 cm³/mol. The number of methoxy groups -OCH3 is 1. The van der Waals surface area contributed by atoms with E-state index in [2.05, 4.69) is 0 Å². The van der Waals surface area contributed by atoms with Crippen LogP contribution in [0.1, 0.15) is 12.0 Å². The highest BCUT2D eigenvalue weighted by Crippen LogP contribution is 2.32. The molecule has 0 amide bonds. The summed E-state index contributed by atoms with van der Waals surface area (Å²) in [6.07, 6.45) is -0.0761. The maximum absolute atomic E-state index is 11.4. The van der Waals surface area contributed by atoms with Crippen molar-refractivity contribution in [1.29, 1.82) is 5.26 Å². The maximum atomic E-state index is 11.4. The SMILES string of the molecule is COc1cc(C)c(N(C)CC(=O)CC#N)cc1Cl. The second-order valence-corrected chi connectivity index (χ2v) is 4.41. The number of nitriles is 1. The molecule has 0 aliphatic heterocycles. The molecule has 0 fully saturated rings. The fraction of sp³-hybridized carbons (Fsp3) is 0.385. The number of hydrogen-bond donors (Lipinski definition) is 0. The Kier molecular flexibility index (Phi) is 4.99. The van der Waals surface area contributed by atoms with Crippen molar-refractivity contribution < 1.29 is 9.53 Å². The van der Waals surface area contributed by atoms with Crippen LogP contribution < -0.4 is 9.64 Å². The molecule has 0 N–H and O–H groups in total. The first-order valence-corrected chi connectivity index (χ1v) is 5.81. The van der Waals surface area contributed by atoms with E-state index in [1.807, 2.05) is 19.1 Å². The zero-order valence-electron chi connectivity index (χ0n) is 10.7. The third-order valence-corrected chi connectivity index (χ3v) is 2.87. The van der Waals surface area contributed by atoms with Crippen LogP contribution >= 0.6 is 11.6 Å². The third kappa shape index (κ3) is 3.38. The highest BCUT2D eigenvalue weighted by molar-refractivity contribution is 6.32. The number of ketones is 1. The number of rotatable bonds is 5. The fourth-order valence-corrected chi connectivity index (χ4v) is 1.94. The molecule has 18 heavy (non-hydrogen) atoms. The normalized spacial score (nSPS) is 9.72. The number of halogens is 1. The lowest BCUT2D eigenvalue weighted by molar-refractivity contribution is -0.116. The highest BCUT2D eigenvalue weighted by atomic mass is 35.5. The maximum Gasteiger partial charge on any atom is 0.166 e. The zero-order valence-corrected chi connectivity index (χ0v) is 11.4. The second-order valence-electron chi connectivity index (χ2n) is 4.00. The minimum atomic E-state index is -0.119. The van der Waals surface area contributed by atoms with Gasteiger partial charge in [-0.2, -0.15) is 5.26 Å². The molecule has 4 nitrogen and oxygen atoms in total. The van der Waals surface area contributed by atoms with E-state index in [1.165, 1.54) is 0 Å². The van der Waals surface area contributed by atoms with Gasteiger partial charge in [0.25, 0.3) is 0 Å². The average molecular weight is 267 g/mol. The van der Waals surface area contributed by atoms with E-state index in [1.54, 1.807) is 25.1 Å². The molecular formula is C13H15ClN2O2. The summed E-state index contributed by atoms with van der Waals surface area (Å²) in [4.78, 5) is 13.2. The molecule has 1 aromatic rings. The molecule has 0 unspecified atom stereocenters. The molecule has 0 heterocycles. The van der Waals surface area contributed by atoms with Crippen LogP contribution in [-0.2, 0) is 4.79 Å². The van der Waals surface area contributed by atoms with E-state index >= 15 is 0 Å². The van der Waals surface area contributed by atoms with Gasteiger partial charge in [-0.25, -0.2) is 0 Å². The Labute approximate surface area is 112 Å². The van der Waals surface area contributed by atoms with Crippen molar-refractivity contribution in [3.63, 3.8) is 0 Å². The van der Waals surface area contributed by atoms with Crippen LogP contribution in [0.5, 0.6) is 5.75 Å². The molecule has 0 bridgehead atoms. The summed E-state index contributed by atoms with van der Waals surface area (Å²) >= 11 is 6.05. The number of anilines is 1. The van der Waals surface area contributed by atoms with Gasteiger partial charge in [-0.3, -0.25) is 4.79 Å². The number of Topliss-reactive ketones (excluding diaryl/α,β-unsaturated/α-hetero) is 1. The number of nitrogens with zero attached hydrogens (tertiary/aromatic N) is 2. The van der Waals surface area contributed by atoms with Gasteiger partial charge in [0.2, 0.25) is 0 Å². The zero-order chi connectivity index (χ0) is 13.7. The van der Waals surface area contributed by atoms with Gasteiger partial charge in [-0.15, -0.1) is 0 Å². The lowest BCUT2D eigenvalue weighted by Crippen LogP contribution is -2.25. The fourth-order valence-electron chi connectivity index (χ4n) is 1.71. The Morgan fingerprint density at radius 2 is 2.22 bits per heavy atom.